The molecule has 1 heterocycles. The highest BCUT2D eigenvalue weighted by atomic mass is 16.4. The molecule has 0 aromatic heterocycles. The lowest BCUT2D eigenvalue weighted by molar-refractivity contribution is -0.139. The molecule has 2 rings (SSSR count). The van der Waals surface area contributed by atoms with Gasteiger partial charge in [0.15, 0.2) is 0 Å². The Morgan fingerprint density at radius 2 is 2.00 bits per heavy atom. The van der Waals surface area contributed by atoms with Crippen molar-refractivity contribution in [2.45, 2.75) is 58.3 Å². The van der Waals surface area contributed by atoms with Crippen LogP contribution in [0.1, 0.15) is 58.3 Å². The average Bonchev–Trinajstić information content (AvgIpc) is 2.44. The SMILES string of the molecule is C[C@@H]1CCC[C@@H](C(=O)N2CCC[C@@H](CCC(=O)O)C2)C1. The van der Waals surface area contributed by atoms with Gasteiger partial charge in [-0.25, -0.2) is 0 Å². The molecule has 1 saturated heterocycles. The highest BCUT2D eigenvalue weighted by Gasteiger charge is 2.31. The maximum Gasteiger partial charge on any atom is 0.303 e. The van der Waals surface area contributed by atoms with Crippen LogP contribution in [0.4, 0.5) is 0 Å². The van der Waals surface area contributed by atoms with Crippen LogP contribution in [-0.4, -0.2) is 35.0 Å². The summed E-state index contributed by atoms with van der Waals surface area (Å²) in [5.41, 5.74) is 0. The van der Waals surface area contributed by atoms with Gasteiger partial charge in [0.1, 0.15) is 0 Å². The van der Waals surface area contributed by atoms with Gasteiger partial charge in [-0.2, -0.15) is 0 Å². The van der Waals surface area contributed by atoms with Crippen LogP contribution in [0.25, 0.3) is 0 Å². The van der Waals surface area contributed by atoms with Gasteiger partial charge < -0.3 is 10.0 Å². The lowest BCUT2D eigenvalue weighted by atomic mass is 9.81. The second-order valence-corrected chi connectivity index (χ2v) is 6.69. The predicted molar refractivity (Wildman–Crippen MR) is 77.3 cm³/mol. The van der Waals surface area contributed by atoms with Crippen molar-refractivity contribution in [1.82, 2.24) is 4.90 Å². The number of carbonyl (C=O) groups excluding carboxylic acids is 1. The van der Waals surface area contributed by atoms with Crippen LogP contribution in [0.2, 0.25) is 0 Å². The predicted octanol–water partition coefficient (Wildman–Crippen LogP) is 2.92. The quantitative estimate of drug-likeness (QED) is 0.862. The first-order valence-corrected chi connectivity index (χ1v) is 8.07. The Morgan fingerprint density at radius 3 is 2.70 bits per heavy atom. The molecule has 0 bridgehead atoms. The minimum Gasteiger partial charge on any atom is -0.481 e. The fourth-order valence-corrected chi connectivity index (χ4v) is 3.75. The van der Waals surface area contributed by atoms with E-state index in [4.69, 9.17) is 5.11 Å². The minimum atomic E-state index is -0.727. The lowest BCUT2D eigenvalue weighted by Crippen LogP contribution is -2.44. The highest BCUT2D eigenvalue weighted by Crippen LogP contribution is 2.31. The monoisotopic (exact) mass is 281 g/mol. The van der Waals surface area contributed by atoms with E-state index in [1.807, 2.05) is 4.90 Å². The van der Waals surface area contributed by atoms with Crippen LogP contribution >= 0.6 is 0 Å². The number of carboxylic acids is 1. The van der Waals surface area contributed by atoms with E-state index in [0.29, 0.717) is 24.2 Å². The third kappa shape index (κ3) is 4.22. The van der Waals surface area contributed by atoms with Gasteiger partial charge in [-0.3, -0.25) is 9.59 Å². The molecule has 0 aromatic rings. The second kappa shape index (κ2) is 7.09. The second-order valence-electron chi connectivity index (χ2n) is 6.69. The van der Waals surface area contributed by atoms with E-state index >= 15 is 0 Å². The Labute approximate surface area is 121 Å². The van der Waals surface area contributed by atoms with Gasteiger partial charge in [-0.15, -0.1) is 0 Å². The van der Waals surface area contributed by atoms with Gasteiger partial charge in [0.25, 0.3) is 0 Å². The minimum absolute atomic E-state index is 0.219. The molecule has 1 amide bonds. The van der Waals surface area contributed by atoms with E-state index in [1.54, 1.807) is 0 Å². The van der Waals surface area contributed by atoms with Crippen molar-refractivity contribution < 1.29 is 14.7 Å². The molecule has 3 atom stereocenters. The Balaban J connectivity index is 1.84. The van der Waals surface area contributed by atoms with Gasteiger partial charge in [0, 0.05) is 25.4 Å². The number of hydrogen-bond donors (Lipinski definition) is 1. The number of carboxylic acid groups (broad SMARTS) is 1. The molecule has 4 nitrogen and oxygen atoms in total. The molecular formula is C16H27NO3. The van der Waals surface area contributed by atoms with Gasteiger partial charge in [0.2, 0.25) is 5.91 Å². The van der Waals surface area contributed by atoms with E-state index in [-0.39, 0.29) is 12.3 Å². The van der Waals surface area contributed by atoms with Crippen LogP contribution in [0.3, 0.4) is 0 Å². The van der Waals surface area contributed by atoms with Gasteiger partial charge >= 0.3 is 5.97 Å². The highest BCUT2D eigenvalue weighted by molar-refractivity contribution is 5.79. The van der Waals surface area contributed by atoms with E-state index in [9.17, 15) is 9.59 Å². The lowest BCUT2D eigenvalue weighted by Gasteiger charge is -2.36. The molecule has 114 valence electrons. The molecule has 4 heteroatoms. The maximum absolute atomic E-state index is 12.6. The molecule has 0 aromatic carbocycles. The summed E-state index contributed by atoms with van der Waals surface area (Å²) in [4.78, 5) is 25.3. The number of amides is 1. The summed E-state index contributed by atoms with van der Waals surface area (Å²) in [5.74, 6) is 0.873. The topological polar surface area (TPSA) is 57.6 Å². The summed E-state index contributed by atoms with van der Waals surface area (Å²) < 4.78 is 0. The van der Waals surface area contributed by atoms with Crippen molar-refractivity contribution in [2.24, 2.45) is 17.8 Å². The van der Waals surface area contributed by atoms with Crippen LogP contribution in [0.15, 0.2) is 0 Å². The summed E-state index contributed by atoms with van der Waals surface area (Å²) in [7, 11) is 0. The Kier molecular flexibility index (Phi) is 5.44. The summed E-state index contributed by atoms with van der Waals surface area (Å²) in [6, 6.07) is 0. The average molecular weight is 281 g/mol. The van der Waals surface area contributed by atoms with Gasteiger partial charge in [0.05, 0.1) is 0 Å². The normalized spacial score (nSPS) is 31.1. The maximum atomic E-state index is 12.6. The van der Waals surface area contributed by atoms with Gasteiger partial charge in [-0.1, -0.05) is 19.8 Å². The molecule has 0 radical (unpaired) electrons. The van der Waals surface area contributed by atoms with Crippen LogP contribution < -0.4 is 0 Å². The zero-order chi connectivity index (χ0) is 14.5. The van der Waals surface area contributed by atoms with Crippen LogP contribution in [0, 0.1) is 17.8 Å². The smallest absolute Gasteiger partial charge is 0.303 e. The van der Waals surface area contributed by atoms with Crippen LogP contribution in [-0.2, 0) is 9.59 Å². The largest absolute Gasteiger partial charge is 0.481 e. The zero-order valence-electron chi connectivity index (χ0n) is 12.5. The third-order valence-electron chi connectivity index (χ3n) is 4.88. The van der Waals surface area contributed by atoms with Crippen molar-refractivity contribution in [3.63, 3.8) is 0 Å². The van der Waals surface area contributed by atoms with Crippen molar-refractivity contribution >= 4 is 11.9 Å². The van der Waals surface area contributed by atoms with E-state index < -0.39 is 5.97 Å². The number of likely N-dealkylation sites (tertiary alicyclic amines) is 1. The van der Waals surface area contributed by atoms with Crippen molar-refractivity contribution in [2.75, 3.05) is 13.1 Å². The summed E-state index contributed by atoms with van der Waals surface area (Å²) in [6.07, 6.45) is 7.54. The Bertz CT molecular complexity index is 356. The Hall–Kier alpha value is -1.06. The van der Waals surface area contributed by atoms with Crippen molar-refractivity contribution in [3.05, 3.63) is 0 Å². The first kappa shape index (κ1) is 15.3. The molecule has 0 unspecified atom stereocenters. The number of rotatable bonds is 4. The number of carbonyl (C=O) groups is 2. The zero-order valence-corrected chi connectivity index (χ0v) is 12.5. The standard InChI is InChI=1S/C16H27NO3/c1-12-4-2-6-14(10-12)16(20)17-9-3-5-13(11-17)7-8-15(18)19/h12-14H,2-11H2,1H3,(H,18,19)/t12-,13+,14-/m1/s1. The molecule has 2 aliphatic rings. The molecule has 0 spiro atoms. The molecule has 1 aliphatic carbocycles. The molecule has 20 heavy (non-hydrogen) atoms. The van der Waals surface area contributed by atoms with Crippen molar-refractivity contribution in [3.8, 4) is 0 Å². The first-order chi connectivity index (χ1) is 9.56. The Morgan fingerprint density at radius 1 is 1.20 bits per heavy atom. The van der Waals surface area contributed by atoms with Crippen molar-refractivity contribution in [1.29, 1.82) is 0 Å². The fourth-order valence-electron chi connectivity index (χ4n) is 3.75. The van der Waals surface area contributed by atoms with E-state index in [0.717, 1.165) is 38.8 Å². The number of hydrogen-bond acceptors (Lipinski definition) is 2. The summed E-state index contributed by atoms with van der Waals surface area (Å²) in [5, 5.41) is 8.77. The first-order valence-electron chi connectivity index (χ1n) is 8.07. The molecule has 2 fully saturated rings. The fraction of sp³-hybridized carbons (Fsp3) is 0.875. The number of aliphatic carboxylic acids is 1. The van der Waals surface area contributed by atoms with Gasteiger partial charge in [-0.05, 0) is 43.9 Å². The number of piperidine rings is 1. The molecule has 1 N–H and O–H groups in total. The van der Waals surface area contributed by atoms with E-state index in [2.05, 4.69) is 6.92 Å². The van der Waals surface area contributed by atoms with E-state index in [1.165, 1.54) is 12.8 Å². The third-order valence-corrected chi connectivity index (χ3v) is 4.88. The summed E-state index contributed by atoms with van der Waals surface area (Å²) >= 11 is 0. The molecule has 1 saturated carbocycles. The molecular weight excluding hydrogens is 254 g/mol. The summed E-state index contributed by atoms with van der Waals surface area (Å²) in [6.45, 7) is 3.88. The number of nitrogens with zero attached hydrogens (tertiary/aromatic N) is 1. The van der Waals surface area contributed by atoms with Crippen LogP contribution in [0.5, 0.6) is 0 Å². The molecule has 1 aliphatic heterocycles.